The van der Waals surface area contributed by atoms with Gasteiger partial charge >= 0.3 is 6.09 Å². The number of nitrogens with zero attached hydrogens (tertiary/aromatic N) is 5. The van der Waals surface area contributed by atoms with Crippen molar-refractivity contribution in [2.24, 2.45) is 0 Å². The number of rotatable bonds is 4. The van der Waals surface area contributed by atoms with E-state index >= 15 is 4.39 Å². The molecule has 0 spiro atoms. The van der Waals surface area contributed by atoms with Crippen LogP contribution in [-0.4, -0.2) is 51.4 Å². The zero-order chi connectivity index (χ0) is 24.8. The summed E-state index contributed by atoms with van der Waals surface area (Å²) in [5, 5.41) is 8.01. The van der Waals surface area contributed by atoms with Crippen LogP contribution >= 0.6 is 11.3 Å². The molecule has 1 aliphatic carbocycles. The summed E-state index contributed by atoms with van der Waals surface area (Å²) >= 11 is 1.34. The minimum absolute atomic E-state index is 0.228. The van der Waals surface area contributed by atoms with E-state index in [0.29, 0.717) is 23.7 Å². The van der Waals surface area contributed by atoms with Gasteiger partial charge in [-0.3, -0.25) is 15.2 Å². The zero-order valence-electron chi connectivity index (χ0n) is 20.0. The largest absolute Gasteiger partial charge is 0.453 e. The maximum atomic E-state index is 15.7. The summed E-state index contributed by atoms with van der Waals surface area (Å²) in [7, 11) is 3.39. The van der Waals surface area contributed by atoms with Crippen molar-refractivity contribution in [2.75, 3.05) is 26.0 Å². The van der Waals surface area contributed by atoms with E-state index in [1.54, 1.807) is 23.1 Å². The summed E-state index contributed by atoms with van der Waals surface area (Å²) in [5.41, 5.74) is 5.68. The van der Waals surface area contributed by atoms with E-state index in [-0.39, 0.29) is 11.9 Å². The van der Waals surface area contributed by atoms with E-state index in [4.69, 9.17) is 9.84 Å². The van der Waals surface area contributed by atoms with E-state index in [2.05, 4.69) is 27.2 Å². The smallest absolute Gasteiger partial charge is 0.413 e. The molecular weight excluding hydrogens is 479 g/mol. The number of ether oxygens (including phenoxy) is 1. The lowest BCUT2D eigenvalue weighted by Gasteiger charge is -2.20. The highest BCUT2D eigenvalue weighted by Gasteiger charge is 2.31. The van der Waals surface area contributed by atoms with E-state index in [1.807, 2.05) is 24.3 Å². The number of halogens is 1. The number of likely N-dealkylation sites (tertiary alicyclic amines) is 1. The Kier molecular flexibility index (Phi) is 5.77. The number of methoxy groups -OCH3 is 1. The molecule has 4 heterocycles. The van der Waals surface area contributed by atoms with Crippen LogP contribution in [0.2, 0.25) is 0 Å². The van der Waals surface area contributed by atoms with Gasteiger partial charge in [0.1, 0.15) is 11.5 Å². The molecule has 0 saturated carbocycles. The molecule has 1 aliphatic heterocycles. The van der Waals surface area contributed by atoms with Crippen LogP contribution in [0.25, 0.3) is 27.5 Å². The third-order valence-corrected chi connectivity index (χ3v) is 7.96. The quantitative estimate of drug-likeness (QED) is 0.409. The number of aromatic nitrogens is 4. The SMILES string of the molecule is COC(=O)Nc1nc2c(s1)-c1c(c(-c3cccnc3)nn1-c1ccc(C3CCCN3C)cc1F)CC2. The minimum atomic E-state index is -0.579. The van der Waals surface area contributed by atoms with Gasteiger partial charge in [0.05, 0.1) is 29.1 Å². The number of carbonyl (C=O) groups excluding carboxylic acids is 1. The molecule has 3 aromatic heterocycles. The van der Waals surface area contributed by atoms with Gasteiger partial charge in [-0.2, -0.15) is 5.10 Å². The molecule has 4 aromatic rings. The lowest BCUT2D eigenvalue weighted by Crippen LogP contribution is -2.17. The summed E-state index contributed by atoms with van der Waals surface area (Å²) in [6.07, 6.45) is 6.44. The summed E-state index contributed by atoms with van der Waals surface area (Å²) in [6, 6.07) is 9.52. The Morgan fingerprint density at radius 2 is 2.17 bits per heavy atom. The van der Waals surface area contributed by atoms with Gasteiger partial charge in [0.25, 0.3) is 0 Å². The summed E-state index contributed by atoms with van der Waals surface area (Å²) < 4.78 is 22.1. The fourth-order valence-electron chi connectivity index (χ4n) is 5.20. The molecule has 184 valence electrons. The highest BCUT2D eigenvalue weighted by Crippen LogP contribution is 2.44. The fraction of sp³-hybridized carbons (Fsp3) is 0.308. The van der Waals surface area contributed by atoms with Gasteiger partial charge in [-0.05, 0) is 69.1 Å². The van der Waals surface area contributed by atoms with Crippen molar-refractivity contribution in [2.45, 2.75) is 31.7 Å². The van der Waals surface area contributed by atoms with Gasteiger partial charge in [0.2, 0.25) is 0 Å². The van der Waals surface area contributed by atoms with Crippen molar-refractivity contribution in [1.29, 1.82) is 0 Å². The summed E-state index contributed by atoms with van der Waals surface area (Å²) in [5.74, 6) is -0.319. The molecule has 6 rings (SSSR count). The van der Waals surface area contributed by atoms with Gasteiger partial charge < -0.3 is 4.74 Å². The average Bonchev–Trinajstić information content (AvgIpc) is 3.60. The summed E-state index contributed by atoms with van der Waals surface area (Å²) in [6.45, 7) is 1.02. The van der Waals surface area contributed by atoms with Crippen LogP contribution in [0.1, 0.15) is 35.7 Å². The van der Waals surface area contributed by atoms with Crippen LogP contribution in [0.3, 0.4) is 0 Å². The van der Waals surface area contributed by atoms with Crippen LogP contribution in [0.15, 0.2) is 42.7 Å². The Bertz CT molecular complexity index is 1450. The maximum Gasteiger partial charge on any atom is 0.413 e. The Morgan fingerprint density at radius 3 is 2.89 bits per heavy atom. The number of carbonyl (C=O) groups is 1. The molecule has 1 atom stereocenters. The molecule has 0 bridgehead atoms. The second kappa shape index (κ2) is 9.11. The van der Waals surface area contributed by atoms with E-state index in [1.165, 1.54) is 18.4 Å². The lowest BCUT2D eigenvalue weighted by molar-refractivity contribution is 0.187. The number of amides is 1. The number of aryl methyl sites for hydroxylation is 1. The first-order chi connectivity index (χ1) is 17.5. The Morgan fingerprint density at radius 1 is 1.28 bits per heavy atom. The molecule has 2 aliphatic rings. The Balaban J connectivity index is 1.50. The van der Waals surface area contributed by atoms with Gasteiger partial charge in [0.15, 0.2) is 5.13 Å². The van der Waals surface area contributed by atoms with Gasteiger partial charge in [-0.25, -0.2) is 18.9 Å². The number of hydrogen-bond acceptors (Lipinski definition) is 7. The summed E-state index contributed by atoms with van der Waals surface area (Å²) in [4.78, 5) is 23.8. The first-order valence-corrected chi connectivity index (χ1v) is 12.7. The third-order valence-electron chi connectivity index (χ3n) is 6.94. The molecule has 0 radical (unpaired) electrons. The van der Waals surface area contributed by atoms with E-state index < -0.39 is 6.09 Å². The van der Waals surface area contributed by atoms with E-state index in [0.717, 1.165) is 58.0 Å². The van der Waals surface area contributed by atoms with Gasteiger partial charge in [-0.1, -0.05) is 17.4 Å². The van der Waals surface area contributed by atoms with Crippen molar-refractivity contribution in [3.05, 3.63) is 65.4 Å². The van der Waals surface area contributed by atoms with Gasteiger partial charge in [-0.15, -0.1) is 0 Å². The maximum absolute atomic E-state index is 15.7. The topological polar surface area (TPSA) is 85.2 Å². The number of nitrogens with one attached hydrogen (secondary N) is 1. The molecule has 1 aromatic carbocycles. The minimum Gasteiger partial charge on any atom is -0.453 e. The molecule has 1 fully saturated rings. The fourth-order valence-corrected chi connectivity index (χ4v) is 6.26. The monoisotopic (exact) mass is 504 g/mol. The zero-order valence-corrected chi connectivity index (χ0v) is 20.8. The van der Waals surface area contributed by atoms with Crippen LogP contribution < -0.4 is 5.32 Å². The van der Waals surface area contributed by atoms with Crippen LogP contribution in [0.5, 0.6) is 0 Å². The average molecular weight is 505 g/mol. The number of hydrogen-bond donors (Lipinski definition) is 1. The lowest BCUT2D eigenvalue weighted by atomic mass is 9.95. The molecule has 1 N–H and O–H groups in total. The van der Waals surface area contributed by atoms with E-state index in [9.17, 15) is 4.79 Å². The number of anilines is 1. The predicted octanol–water partition coefficient (Wildman–Crippen LogP) is 5.24. The molecule has 10 heteroatoms. The number of fused-ring (bicyclic) bond motifs is 3. The second-order valence-corrected chi connectivity index (χ2v) is 10.1. The first kappa shape index (κ1) is 22.8. The highest BCUT2D eigenvalue weighted by atomic mass is 32.1. The standard InChI is InChI=1S/C26H25FN6O2S/c1-32-12-4-6-20(32)15-7-10-21(18(27)13-15)33-23-17(22(31-33)16-5-3-11-28-14-16)8-9-19-24(23)36-25(29-19)30-26(34)35-2/h3,5,7,10-11,13-14,20H,4,6,8-9,12H2,1-2H3,(H,29,30,34). The first-order valence-electron chi connectivity index (χ1n) is 11.9. The third kappa shape index (κ3) is 3.86. The normalized spacial score (nSPS) is 17.0. The molecule has 1 unspecified atom stereocenters. The Hall–Kier alpha value is -3.63. The van der Waals surface area contributed by atoms with Gasteiger partial charge in [0, 0.05) is 29.6 Å². The highest BCUT2D eigenvalue weighted by molar-refractivity contribution is 7.19. The van der Waals surface area contributed by atoms with Crippen molar-refractivity contribution >= 4 is 22.6 Å². The molecule has 8 nitrogen and oxygen atoms in total. The van der Waals surface area contributed by atoms with Crippen molar-refractivity contribution in [3.63, 3.8) is 0 Å². The van der Waals surface area contributed by atoms with Crippen molar-refractivity contribution in [1.82, 2.24) is 24.6 Å². The Labute approximate surface area is 211 Å². The molecule has 36 heavy (non-hydrogen) atoms. The van der Waals surface area contributed by atoms with Crippen LogP contribution in [0, 0.1) is 5.82 Å². The number of thiazole rings is 1. The molecule has 1 saturated heterocycles. The second-order valence-electron chi connectivity index (χ2n) is 9.09. The predicted molar refractivity (Wildman–Crippen MR) is 136 cm³/mol. The molecule has 1 amide bonds. The molecular formula is C26H25FN6O2S. The van der Waals surface area contributed by atoms with Crippen molar-refractivity contribution < 1.29 is 13.9 Å². The van der Waals surface area contributed by atoms with Crippen LogP contribution in [0.4, 0.5) is 14.3 Å². The number of pyridine rings is 1. The van der Waals surface area contributed by atoms with Crippen LogP contribution in [-0.2, 0) is 17.6 Å². The number of benzene rings is 1. The van der Waals surface area contributed by atoms with Crippen molar-refractivity contribution in [3.8, 4) is 27.5 Å².